The van der Waals surface area contributed by atoms with Crippen LogP contribution in [0.25, 0.3) is 10.9 Å². The van der Waals surface area contributed by atoms with E-state index in [-0.39, 0.29) is 5.56 Å². The fraction of sp³-hybridized carbons (Fsp3) is 0.222. The van der Waals surface area contributed by atoms with Gasteiger partial charge < -0.3 is 0 Å². The number of aromatic nitrogens is 3. The third-order valence-corrected chi connectivity index (χ3v) is 2.08. The first-order valence-corrected chi connectivity index (χ1v) is 4.00. The maximum absolute atomic E-state index is 11.3. The summed E-state index contributed by atoms with van der Waals surface area (Å²) in [5.74, 6) is 0. The molecule has 0 amide bonds. The minimum atomic E-state index is -0.236. The summed E-state index contributed by atoms with van der Waals surface area (Å²) in [6.07, 6.45) is 1.61. The molecule has 0 saturated heterocycles. The van der Waals surface area contributed by atoms with E-state index in [2.05, 4.69) is 15.2 Å². The molecule has 1 N–H and O–H groups in total. The van der Waals surface area contributed by atoms with Crippen molar-refractivity contribution < 1.29 is 0 Å². The van der Waals surface area contributed by atoms with Crippen LogP contribution < -0.4 is 5.56 Å². The fourth-order valence-electron chi connectivity index (χ4n) is 1.22. The minimum Gasteiger partial charge on any atom is -0.266 e. The molecule has 13 heavy (non-hydrogen) atoms. The van der Waals surface area contributed by atoms with Crippen LogP contribution in [0.5, 0.6) is 0 Å². The van der Waals surface area contributed by atoms with Gasteiger partial charge in [0.05, 0.1) is 6.20 Å². The topological polar surface area (TPSA) is 58.6 Å². The van der Waals surface area contributed by atoms with E-state index in [0.717, 1.165) is 16.6 Å². The lowest BCUT2D eigenvalue weighted by Crippen LogP contribution is -2.09. The smallest absolute Gasteiger partial charge is 0.266 e. The molecular weight excluding hydrogens is 166 g/mol. The molecule has 2 aromatic heterocycles. The monoisotopic (exact) mass is 175 g/mol. The molecular formula is C9H9N3O. The average Bonchev–Trinajstić information content (AvgIpc) is 2.09. The Balaban J connectivity index is 2.97. The van der Waals surface area contributed by atoms with Crippen LogP contribution in [0.3, 0.4) is 0 Å². The Hall–Kier alpha value is -1.71. The number of hydrogen-bond acceptors (Lipinski definition) is 3. The lowest BCUT2D eigenvalue weighted by Gasteiger charge is -2.00. The molecule has 0 aliphatic rings. The number of aromatic amines is 1. The Kier molecular flexibility index (Phi) is 1.62. The molecule has 0 aliphatic carbocycles. The zero-order valence-electron chi connectivity index (χ0n) is 7.46. The Morgan fingerprint density at radius 1 is 1.38 bits per heavy atom. The molecule has 2 heterocycles. The summed E-state index contributed by atoms with van der Waals surface area (Å²) in [7, 11) is 0. The highest BCUT2D eigenvalue weighted by Gasteiger charge is 2.02. The summed E-state index contributed by atoms with van der Waals surface area (Å²) < 4.78 is 0. The van der Waals surface area contributed by atoms with Gasteiger partial charge in [0.25, 0.3) is 5.56 Å². The molecule has 4 nitrogen and oxygen atoms in total. The van der Waals surface area contributed by atoms with Crippen molar-refractivity contribution in [3.8, 4) is 0 Å². The molecule has 0 bridgehead atoms. The van der Waals surface area contributed by atoms with Gasteiger partial charge in [0.1, 0.15) is 5.52 Å². The Morgan fingerprint density at radius 2 is 2.15 bits per heavy atom. The maximum Gasteiger partial charge on any atom is 0.290 e. The van der Waals surface area contributed by atoms with E-state index in [1.54, 1.807) is 6.20 Å². The van der Waals surface area contributed by atoms with Crippen molar-refractivity contribution in [1.82, 2.24) is 15.2 Å². The second kappa shape index (κ2) is 2.65. The van der Waals surface area contributed by atoms with Gasteiger partial charge in [0.2, 0.25) is 0 Å². The molecule has 2 rings (SSSR count). The molecule has 0 saturated carbocycles. The van der Waals surface area contributed by atoms with Crippen molar-refractivity contribution in [3.05, 3.63) is 33.9 Å². The Morgan fingerprint density at radius 3 is 2.92 bits per heavy atom. The Labute approximate surface area is 74.6 Å². The second-order valence-electron chi connectivity index (χ2n) is 3.03. The van der Waals surface area contributed by atoms with Crippen molar-refractivity contribution in [1.29, 1.82) is 0 Å². The predicted molar refractivity (Wildman–Crippen MR) is 49.6 cm³/mol. The summed E-state index contributed by atoms with van der Waals surface area (Å²) >= 11 is 0. The molecule has 2 aromatic rings. The number of rotatable bonds is 0. The number of pyridine rings is 1. The quantitative estimate of drug-likeness (QED) is 0.648. The summed E-state index contributed by atoms with van der Waals surface area (Å²) in [6, 6.07) is 1.92. The number of H-pyrrole nitrogens is 1. The SMILES string of the molecule is Cc1cc2cn[nH]c(=O)c2nc1C. The number of nitrogens with one attached hydrogen (secondary N) is 1. The standard InChI is InChI=1S/C9H9N3O/c1-5-3-7-4-10-12-9(13)8(7)11-6(5)2/h3-4H,1-2H3,(H,12,13). The van der Waals surface area contributed by atoms with Gasteiger partial charge in [-0.15, -0.1) is 0 Å². The van der Waals surface area contributed by atoms with E-state index in [0.29, 0.717) is 5.52 Å². The van der Waals surface area contributed by atoms with Gasteiger partial charge in [-0.3, -0.25) is 4.79 Å². The molecule has 0 atom stereocenters. The van der Waals surface area contributed by atoms with Gasteiger partial charge in [0, 0.05) is 11.1 Å². The van der Waals surface area contributed by atoms with Crippen LogP contribution in [-0.4, -0.2) is 15.2 Å². The van der Waals surface area contributed by atoms with Gasteiger partial charge in [-0.2, -0.15) is 5.10 Å². The van der Waals surface area contributed by atoms with Gasteiger partial charge in [0.15, 0.2) is 0 Å². The molecule has 0 aromatic carbocycles. The van der Waals surface area contributed by atoms with Crippen LogP contribution in [0.15, 0.2) is 17.1 Å². The van der Waals surface area contributed by atoms with Crippen molar-refractivity contribution in [2.45, 2.75) is 13.8 Å². The average molecular weight is 175 g/mol. The maximum atomic E-state index is 11.3. The predicted octanol–water partition coefficient (Wildman–Crippen LogP) is 0.935. The van der Waals surface area contributed by atoms with E-state index in [1.807, 2.05) is 19.9 Å². The molecule has 0 unspecified atom stereocenters. The van der Waals surface area contributed by atoms with Crippen molar-refractivity contribution in [2.24, 2.45) is 0 Å². The van der Waals surface area contributed by atoms with Gasteiger partial charge >= 0.3 is 0 Å². The van der Waals surface area contributed by atoms with Gasteiger partial charge in [-0.25, -0.2) is 10.1 Å². The van der Waals surface area contributed by atoms with Crippen molar-refractivity contribution >= 4 is 10.9 Å². The van der Waals surface area contributed by atoms with E-state index in [4.69, 9.17) is 0 Å². The van der Waals surface area contributed by atoms with E-state index < -0.39 is 0 Å². The zero-order chi connectivity index (χ0) is 9.42. The molecule has 0 aliphatic heterocycles. The van der Waals surface area contributed by atoms with Crippen LogP contribution in [0.2, 0.25) is 0 Å². The summed E-state index contributed by atoms with van der Waals surface area (Å²) in [6.45, 7) is 3.84. The molecule has 0 fully saturated rings. The number of nitrogens with zero attached hydrogens (tertiary/aromatic N) is 2. The second-order valence-corrected chi connectivity index (χ2v) is 3.03. The highest BCUT2D eigenvalue weighted by atomic mass is 16.1. The molecule has 0 spiro atoms. The van der Waals surface area contributed by atoms with Crippen LogP contribution in [-0.2, 0) is 0 Å². The van der Waals surface area contributed by atoms with Crippen molar-refractivity contribution in [3.63, 3.8) is 0 Å². The lowest BCUT2D eigenvalue weighted by molar-refractivity contribution is 0.997. The van der Waals surface area contributed by atoms with Crippen molar-refractivity contribution in [2.75, 3.05) is 0 Å². The van der Waals surface area contributed by atoms with Gasteiger partial charge in [-0.05, 0) is 25.5 Å². The van der Waals surface area contributed by atoms with E-state index in [9.17, 15) is 4.79 Å². The van der Waals surface area contributed by atoms with Crippen LogP contribution in [0.1, 0.15) is 11.3 Å². The number of fused-ring (bicyclic) bond motifs is 1. The first kappa shape index (κ1) is 7.91. The summed E-state index contributed by atoms with van der Waals surface area (Å²) in [5.41, 5.74) is 2.17. The van der Waals surface area contributed by atoms with Crippen LogP contribution in [0.4, 0.5) is 0 Å². The highest BCUT2D eigenvalue weighted by Crippen LogP contribution is 2.10. The van der Waals surface area contributed by atoms with Crippen LogP contribution in [0, 0.1) is 13.8 Å². The van der Waals surface area contributed by atoms with Gasteiger partial charge in [-0.1, -0.05) is 0 Å². The summed E-state index contributed by atoms with van der Waals surface area (Å²) in [5, 5.41) is 6.84. The van der Waals surface area contributed by atoms with Crippen LogP contribution >= 0.6 is 0 Å². The third kappa shape index (κ3) is 1.20. The fourth-order valence-corrected chi connectivity index (χ4v) is 1.22. The Bertz CT molecular complexity index is 516. The normalized spacial score (nSPS) is 10.6. The minimum absolute atomic E-state index is 0.236. The van der Waals surface area contributed by atoms with E-state index >= 15 is 0 Å². The summed E-state index contributed by atoms with van der Waals surface area (Å²) in [4.78, 5) is 15.5. The largest absolute Gasteiger partial charge is 0.290 e. The third-order valence-electron chi connectivity index (χ3n) is 2.08. The lowest BCUT2D eigenvalue weighted by atomic mass is 10.2. The first-order chi connectivity index (χ1) is 6.18. The zero-order valence-corrected chi connectivity index (χ0v) is 7.46. The highest BCUT2D eigenvalue weighted by molar-refractivity contribution is 5.77. The first-order valence-electron chi connectivity index (χ1n) is 4.00. The van der Waals surface area contributed by atoms with E-state index in [1.165, 1.54) is 0 Å². The molecule has 0 radical (unpaired) electrons. The number of aryl methyl sites for hydroxylation is 2. The molecule has 66 valence electrons. The molecule has 4 heteroatoms. The number of hydrogen-bond donors (Lipinski definition) is 1.